The van der Waals surface area contributed by atoms with Crippen LogP contribution in [0.2, 0.25) is 0 Å². The molecular formula is C23H14N2O2. The lowest BCUT2D eigenvalue weighted by Gasteiger charge is -2.08. The van der Waals surface area contributed by atoms with Crippen LogP contribution in [0.15, 0.2) is 78.9 Å². The number of carbonyl (C=O) groups is 1. The van der Waals surface area contributed by atoms with Crippen LogP contribution in [0, 0.1) is 11.3 Å². The predicted octanol–water partition coefficient (Wildman–Crippen LogP) is 5.14. The van der Waals surface area contributed by atoms with Crippen LogP contribution in [-0.2, 0) is 0 Å². The molecule has 0 spiro atoms. The molecule has 0 aliphatic rings. The third kappa shape index (κ3) is 3.14. The zero-order chi connectivity index (χ0) is 18.8. The Kier molecular flexibility index (Phi) is 4.12. The number of hydrogen-bond donors (Lipinski definition) is 1. The Hall–Kier alpha value is -3.97. The van der Waals surface area contributed by atoms with Gasteiger partial charge in [-0.15, -0.1) is 0 Å². The molecule has 0 saturated heterocycles. The highest BCUT2D eigenvalue weighted by Crippen LogP contribution is 2.27. The lowest BCUT2D eigenvalue weighted by atomic mass is 10.00. The van der Waals surface area contributed by atoms with Crippen LogP contribution in [0.1, 0.15) is 15.9 Å². The topological polar surface area (TPSA) is 74.0 Å². The number of aromatic nitrogens is 1. The Labute approximate surface area is 156 Å². The van der Waals surface area contributed by atoms with E-state index in [9.17, 15) is 9.90 Å². The third-order valence-electron chi connectivity index (χ3n) is 4.47. The summed E-state index contributed by atoms with van der Waals surface area (Å²) in [5, 5.41) is 19.1. The molecular weight excluding hydrogens is 336 g/mol. The maximum absolute atomic E-state index is 11.6. The number of benzene rings is 3. The molecule has 128 valence electrons. The molecule has 0 amide bonds. The molecule has 1 aromatic heterocycles. The average Bonchev–Trinajstić information content (AvgIpc) is 2.73. The summed E-state index contributed by atoms with van der Waals surface area (Å²) in [6.45, 7) is 0. The maximum atomic E-state index is 11.6. The van der Waals surface area contributed by atoms with Crippen molar-refractivity contribution >= 4 is 16.9 Å². The molecule has 4 heteroatoms. The quantitative estimate of drug-likeness (QED) is 0.555. The molecule has 4 nitrogen and oxygen atoms in total. The second-order valence-corrected chi connectivity index (χ2v) is 6.14. The number of pyridine rings is 1. The van der Waals surface area contributed by atoms with Crippen molar-refractivity contribution in [3.8, 4) is 28.5 Å². The van der Waals surface area contributed by atoms with E-state index in [0.717, 1.165) is 16.7 Å². The van der Waals surface area contributed by atoms with Crippen molar-refractivity contribution in [1.29, 1.82) is 5.26 Å². The fourth-order valence-electron chi connectivity index (χ4n) is 3.07. The van der Waals surface area contributed by atoms with Gasteiger partial charge in [-0.3, -0.25) is 0 Å². The molecule has 1 N–H and O–H groups in total. The highest BCUT2D eigenvalue weighted by molar-refractivity contribution is 6.03. The number of carboxylic acids is 1. The maximum Gasteiger partial charge on any atom is 0.336 e. The first-order valence-electron chi connectivity index (χ1n) is 8.40. The van der Waals surface area contributed by atoms with Gasteiger partial charge in [0.25, 0.3) is 0 Å². The summed E-state index contributed by atoms with van der Waals surface area (Å²) < 4.78 is 0. The molecule has 0 bridgehead atoms. The number of aromatic carboxylic acids is 1. The summed E-state index contributed by atoms with van der Waals surface area (Å²) in [6, 6.07) is 26.1. The van der Waals surface area contributed by atoms with Gasteiger partial charge in [0.05, 0.1) is 28.4 Å². The standard InChI is InChI=1S/C23H14N2O2/c24-14-15-5-7-16(8-6-15)17-9-11-18(12-10-17)22-13-20(23(26)27)19-3-1-2-4-21(19)25-22/h1-13H,(H,26,27). The van der Waals surface area contributed by atoms with Gasteiger partial charge in [-0.1, -0.05) is 54.6 Å². The lowest BCUT2D eigenvalue weighted by molar-refractivity contribution is 0.0699. The van der Waals surface area contributed by atoms with Gasteiger partial charge in [-0.05, 0) is 35.4 Å². The van der Waals surface area contributed by atoms with Crippen LogP contribution in [0.5, 0.6) is 0 Å². The van der Waals surface area contributed by atoms with Crippen LogP contribution < -0.4 is 0 Å². The zero-order valence-corrected chi connectivity index (χ0v) is 14.3. The van der Waals surface area contributed by atoms with Crippen molar-refractivity contribution in [2.45, 2.75) is 0 Å². The fourth-order valence-corrected chi connectivity index (χ4v) is 3.07. The molecule has 0 atom stereocenters. The highest BCUT2D eigenvalue weighted by atomic mass is 16.4. The van der Waals surface area contributed by atoms with E-state index in [1.807, 2.05) is 54.6 Å². The van der Waals surface area contributed by atoms with Gasteiger partial charge in [-0.25, -0.2) is 9.78 Å². The van der Waals surface area contributed by atoms with Gasteiger partial charge in [-0.2, -0.15) is 5.26 Å². The number of para-hydroxylation sites is 1. The molecule has 0 fully saturated rings. The number of nitriles is 1. The average molecular weight is 350 g/mol. The first kappa shape index (κ1) is 16.5. The van der Waals surface area contributed by atoms with E-state index in [4.69, 9.17) is 5.26 Å². The Balaban J connectivity index is 1.75. The molecule has 0 radical (unpaired) electrons. The summed E-state index contributed by atoms with van der Waals surface area (Å²) in [4.78, 5) is 16.3. The Morgan fingerprint density at radius 3 is 2.07 bits per heavy atom. The van der Waals surface area contributed by atoms with Crippen molar-refractivity contribution in [1.82, 2.24) is 4.98 Å². The van der Waals surface area contributed by atoms with E-state index in [0.29, 0.717) is 22.2 Å². The lowest BCUT2D eigenvalue weighted by Crippen LogP contribution is -2.00. The van der Waals surface area contributed by atoms with Crippen LogP contribution in [0.3, 0.4) is 0 Å². The smallest absolute Gasteiger partial charge is 0.336 e. The van der Waals surface area contributed by atoms with Crippen molar-refractivity contribution < 1.29 is 9.90 Å². The zero-order valence-electron chi connectivity index (χ0n) is 14.3. The predicted molar refractivity (Wildman–Crippen MR) is 104 cm³/mol. The monoisotopic (exact) mass is 350 g/mol. The Bertz CT molecular complexity index is 1190. The molecule has 3 aromatic carbocycles. The second kappa shape index (κ2) is 6.74. The number of fused-ring (bicyclic) bond motifs is 1. The van der Waals surface area contributed by atoms with E-state index in [1.165, 1.54) is 0 Å². The van der Waals surface area contributed by atoms with Gasteiger partial charge in [0.2, 0.25) is 0 Å². The first-order valence-corrected chi connectivity index (χ1v) is 8.40. The van der Waals surface area contributed by atoms with Crippen molar-refractivity contribution in [2.75, 3.05) is 0 Å². The number of carboxylic acid groups (broad SMARTS) is 1. The van der Waals surface area contributed by atoms with E-state index >= 15 is 0 Å². The fraction of sp³-hybridized carbons (Fsp3) is 0. The van der Waals surface area contributed by atoms with Crippen molar-refractivity contribution in [3.63, 3.8) is 0 Å². The van der Waals surface area contributed by atoms with Gasteiger partial charge >= 0.3 is 5.97 Å². The molecule has 4 aromatic rings. The first-order chi connectivity index (χ1) is 13.2. The number of hydrogen-bond acceptors (Lipinski definition) is 3. The van der Waals surface area contributed by atoms with Crippen LogP contribution >= 0.6 is 0 Å². The minimum absolute atomic E-state index is 0.242. The van der Waals surface area contributed by atoms with Gasteiger partial charge < -0.3 is 5.11 Å². The molecule has 4 rings (SSSR count). The van der Waals surface area contributed by atoms with Crippen molar-refractivity contribution in [2.24, 2.45) is 0 Å². The normalized spacial score (nSPS) is 10.5. The van der Waals surface area contributed by atoms with Crippen LogP contribution in [-0.4, -0.2) is 16.1 Å². The van der Waals surface area contributed by atoms with Gasteiger partial charge in [0.15, 0.2) is 0 Å². The summed E-state index contributed by atoms with van der Waals surface area (Å²) in [5.41, 5.74) is 5.02. The minimum atomic E-state index is -0.968. The Morgan fingerprint density at radius 2 is 1.44 bits per heavy atom. The van der Waals surface area contributed by atoms with Gasteiger partial charge in [0, 0.05) is 10.9 Å². The van der Waals surface area contributed by atoms with Crippen LogP contribution in [0.4, 0.5) is 0 Å². The summed E-state index contributed by atoms with van der Waals surface area (Å²) >= 11 is 0. The molecule has 0 unspecified atom stereocenters. The van der Waals surface area contributed by atoms with E-state index in [1.54, 1.807) is 24.3 Å². The highest BCUT2D eigenvalue weighted by Gasteiger charge is 2.12. The Morgan fingerprint density at radius 1 is 0.852 bits per heavy atom. The largest absolute Gasteiger partial charge is 0.478 e. The molecule has 27 heavy (non-hydrogen) atoms. The molecule has 1 heterocycles. The molecule has 0 saturated carbocycles. The van der Waals surface area contributed by atoms with E-state index in [2.05, 4.69) is 11.1 Å². The third-order valence-corrected chi connectivity index (χ3v) is 4.47. The number of rotatable bonds is 3. The van der Waals surface area contributed by atoms with Gasteiger partial charge in [0.1, 0.15) is 0 Å². The SMILES string of the molecule is N#Cc1ccc(-c2ccc(-c3cc(C(=O)O)c4ccccc4n3)cc2)cc1. The van der Waals surface area contributed by atoms with Crippen LogP contribution in [0.25, 0.3) is 33.3 Å². The summed E-state index contributed by atoms with van der Waals surface area (Å²) in [6.07, 6.45) is 0. The van der Waals surface area contributed by atoms with Crippen molar-refractivity contribution in [3.05, 3.63) is 90.0 Å². The summed E-state index contributed by atoms with van der Waals surface area (Å²) in [5.74, 6) is -0.968. The minimum Gasteiger partial charge on any atom is -0.478 e. The van der Waals surface area contributed by atoms with E-state index in [-0.39, 0.29) is 5.56 Å². The summed E-state index contributed by atoms with van der Waals surface area (Å²) in [7, 11) is 0. The molecule has 0 aliphatic carbocycles. The van der Waals surface area contributed by atoms with E-state index < -0.39 is 5.97 Å². The number of nitrogens with zero attached hydrogens (tertiary/aromatic N) is 2. The molecule has 0 aliphatic heterocycles. The second-order valence-electron chi connectivity index (χ2n) is 6.14.